The van der Waals surface area contributed by atoms with Gasteiger partial charge in [-0.15, -0.1) is 0 Å². The second kappa shape index (κ2) is 22.4. The third kappa shape index (κ3) is 13.5. The summed E-state index contributed by atoms with van der Waals surface area (Å²) in [7, 11) is 1.18. The van der Waals surface area contributed by atoms with Gasteiger partial charge in [0.05, 0.1) is 33.5 Å². The third-order valence-corrected chi connectivity index (χ3v) is 8.92. The predicted octanol–water partition coefficient (Wildman–Crippen LogP) is -0.712. The van der Waals surface area contributed by atoms with Crippen LogP contribution in [0.1, 0.15) is 38.2 Å². The zero-order valence-corrected chi connectivity index (χ0v) is 28.6. The Balaban J connectivity index is 2.39. The average Bonchev–Trinajstić information content (AvgIpc) is 3.06. The van der Waals surface area contributed by atoms with Crippen LogP contribution in [-0.4, -0.2) is 184 Å². The smallest absolute Gasteiger partial charge is 0.325 e. The van der Waals surface area contributed by atoms with E-state index in [2.05, 4.69) is 6.92 Å². The quantitative estimate of drug-likeness (QED) is 0.0776. The van der Waals surface area contributed by atoms with Crippen molar-refractivity contribution >= 4 is 23.9 Å². The number of carboxylic acids is 3. The number of unbranched alkanes of at least 4 members (excludes halogenated alkanes) is 1. The Labute approximate surface area is 287 Å². The van der Waals surface area contributed by atoms with Crippen molar-refractivity contribution in [1.29, 1.82) is 0 Å². The number of carbonyl (C=O) groups is 4. The Hall–Kier alpha value is -3.38. The molecule has 0 bridgehead atoms. The Morgan fingerprint density at radius 1 is 0.694 bits per heavy atom. The lowest BCUT2D eigenvalue weighted by atomic mass is 10.0. The second-order valence-electron chi connectivity index (χ2n) is 12.0. The van der Waals surface area contributed by atoms with Crippen molar-refractivity contribution in [3.63, 3.8) is 0 Å². The highest BCUT2D eigenvalue weighted by Gasteiger charge is 2.34. The number of aryl methyl sites for hydroxylation is 1. The molecule has 2 rings (SSSR count). The van der Waals surface area contributed by atoms with Crippen LogP contribution in [0.15, 0.2) is 24.3 Å². The number of hydrogen-bond donors (Lipinski definition) is 6. The van der Waals surface area contributed by atoms with Gasteiger partial charge in [-0.3, -0.25) is 38.8 Å². The number of ether oxygens (including phenoxy) is 2. The van der Waals surface area contributed by atoms with Crippen molar-refractivity contribution in [2.45, 2.75) is 63.2 Å². The first-order valence-electron chi connectivity index (χ1n) is 16.8. The van der Waals surface area contributed by atoms with Crippen LogP contribution in [0.4, 0.5) is 0 Å². The van der Waals surface area contributed by atoms with E-state index < -0.39 is 67.9 Å². The molecule has 6 N–H and O–H groups in total. The molecule has 4 atom stereocenters. The summed E-state index contributed by atoms with van der Waals surface area (Å²) in [5, 5.41) is 60.0. The molecule has 16 heteroatoms. The molecule has 0 amide bonds. The first kappa shape index (κ1) is 41.8. The lowest BCUT2D eigenvalue weighted by Crippen LogP contribution is -2.57. The molecule has 0 aliphatic carbocycles. The van der Waals surface area contributed by atoms with Gasteiger partial charge in [0.25, 0.3) is 0 Å². The number of methoxy groups -OCH3 is 1. The van der Waals surface area contributed by atoms with Crippen LogP contribution in [0.5, 0.6) is 5.75 Å². The number of carboxylic acid groups (broad SMARTS) is 3. The normalized spacial score (nSPS) is 18.7. The number of hydrogen-bond acceptors (Lipinski definition) is 13. The van der Waals surface area contributed by atoms with E-state index in [0.29, 0.717) is 19.4 Å². The summed E-state index contributed by atoms with van der Waals surface area (Å²) in [6.07, 6.45) is 3.30. The van der Waals surface area contributed by atoms with E-state index in [0.717, 1.165) is 24.2 Å². The zero-order chi connectivity index (χ0) is 36.3. The monoisotopic (exact) mass is 698 g/mol. The number of benzene rings is 1. The van der Waals surface area contributed by atoms with Gasteiger partial charge in [0, 0.05) is 52.4 Å². The van der Waals surface area contributed by atoms with Gasteiger partial charge in [0.2, 0.25) is 0 Å². The zero-order valence-electron chi connectivity index (χ0n) is 28.6. The summed E-state index contributed by atoms with van der Waals surface area (Å²) >= 11 is 0. The summed E-state index contributed by atoms with van der Waals surface area (Å²) in [6.45, 7) is 0.860. The Kier molecular flexibility index (Phi) is 19.1. The molecule has 0 radical (unpaired) electrons. The minimum Gasteiger partial charge on any atom is -0.494 e. The highest BCUT2D eigenvalue weighted by atomic mass is 16.5. The van der Waals surface area contributed by atoms with Crippen molar-refractivity contribution < 1.29 is 59.3 Å². The largest absolute Gasteiger partial charge is 0.494 e. The van der Waals surface area contributed by atoms with E-state index in [-0.39, 0.29) is 58.8 Å². The summed E-state index contributed by atoms with van der Waals surface area (Å²) in [5.41, 5.74) is 0.993. The van der Waals surface area contributed by atoms with Gasteiger partial charge in [-0.05, 0) is 43.4 Å². The fourth-order valence-corrected chi connectivity index (χ4v) is 5.98. The molecular formula is C33H54N4O12. The van der Waals surface area contributed by atoms with E-state index in [1.807, 2.05) is 24.3 Å². The van der Waals surface area contributed by atoms with Gasteiger partial charge in [-0.1, -0.05) is 25.5 Å². The van der Waals surface area contributed by atoms with Crippen LogP contribution in [0.25, 0.3) is 0 Å². The Bertz CT molecular complexity index is 1170. The highest BCUT2D eigenvalue weighted by Crippen LogP contribution is 2.19. The topological polar surface area (TPSA) is 221 Å². The minimum absolute atomic E-state index is 0.000689. The highest BCUT2D eigenvalue weighted by molar-refractivity contribution is 5.76. The number of rotatable bonds is 19. The number of nitrogens with zero attached hydrogens (tertiary/aromatic N) is 4. The molecule has 1 fully saturated rings. The number of carbonyl (C=O) groups excluding carboxylic acids is 1. The second-order valence-corrected chi connectivity index (χ2v) is 12.0. The first-order chi connectivity index (χ1) is 23.5. The van der Waals surface area contributed by atoms with Crippen LogP contribution in [0.2, 0.25) is 0 Å². The molecule has 1 aliphatic heterocycles. The van der Waals surface area contributed by atoms with Gasteiger partial charge in [0.15, 0.2) is 0 Å². The van der Waals surface area contributed by atoms with Crippen LogP contribution < -0.4 is 4.74 Å². The first-order valence-corrected chi connectivity index (χ1v) is 16.8. The van der Waals surface area contributed by atoms with Crippen molar-refractivity contribution in [1.82, 2.24) is 19.6 Å². The molecule has 0 unspecified atom stereocenters. The Morgan fingerprint density at radius 3 is 1.55 bits per heavy atom. The van der Waals surface area contributed by atoms with E-state index in [9.17, 15) is 49.8 Å². The standard InChI is InChI=1S/C33H54N4O12/c1-3-4-19-49-25-9-5-7-24(20-25)8-6-10-26(30(41)42)34-11-13-35(27(21-38)31(43)44)14-15-36(28(22-39)32(45)46)16-18-37(17-12-34)29(23-40)33(47)48-2/h5,7,9,20,26-29,38-40H,3-4,6,8,10-19,21-23H2,1-2H3,(H,41,42)(H,43,44)(H,45,46)/t26-,27-,28-,29-/m0/s1. The molecule has 0 aromatic heterocycles. The van der Waals surface area contributed by atoms with Crippen LogP contribution in [0, 0.1) is 0 Å². The molecule has 1 aromatic carbocycles. The molecule has 278 valence electrons. The fourth-order valence-electron chi connectivity index (χ4n) is 5.98. The SMILES string of the molecule is CCCCOc1cccc(CCC[C@@H](C(=O)O)N2CCN([C@@H](CO)C(=O)O)CCN([C@@H](CO)C(=O)O)CCN([C@@H](CO)C(=O)OC)CC2)c1. The molecule has 1 aliphatic rings. The van der Waals surface area contributed by atoms with Gasteiger partial charge in [0.1, 0.15) is 29.9 Å². The van der Waals surface area contributed by atoms with Gasteiger partial charge in [-0.25, -0.2) is 0 Å². The lowest BCUT2D eigenvalue weighted by molar-refractivity contribution is -0.151. The van der Waals surface area contributed by atoms with E-state index >= 15 is 0 Å². The molecule has 0 saturated carbocycles. The van der Waals surface area contributed by atoms with Gasteiger partial charge < -0.3 is 40.1 Å². The molecule has 1 saturated heterocycles. The van der Waals surface area contributed by atoms with Crippen LogP contribution in [0.3, 0.4) is 0 Å². The molecular weight excluding hydrogens is 644 g/mol. The van der Waals surface area contributed by atoms with E-state index in [1.54, 1.807) is 9.80 Å². The van der Waals surface area contributed by atoms with Crippen molar-refractivity contribution in [2.24, 2.45) is 0 Å². The maximum Gasteiger partial charge on any atom is 0.325 e. The van der Waals surface area contributed by atoms with E-state index in [4.69, 9.17) is 9.47 Å². The summed E-state index contributed by atoms with van der Waals surface area (Å²) in [6, 6.07) is 2.88. The summed E-state index contributed by atoms with van der Waals surface area (Å²) in [5.74, 6) is -3.65. The lowest BCUT2D eigenvalue weighted by Gasteiger charge is -2.39. The van der Waals surface area contributed by atoms with Gasteiger partial charge in [-0.2, -0.15) is 0 Å². The maximum atomic E-state index is 12.7. The number of esters is 1. The van der Waals surface area contributed by atoms with E-state index in [1.165, 1.54) is 16.9 Å². The predicted molar refractivity (Wildman–Crippen MR) is 177 cm³/mol. The minimum atomic E-state index is -1.34. The number of aliphatic carboxylic acids is 3. The van der Waals surface area contributed by atoms with Crippen molar-refractivity contribution in [2.75, 3.05) is 85.9 Å². The molecule has 16 nitrogen and oxygen atoms in total. The summed E-state index contributed by atoms with van der Waals surface area (Å²) in [4.78, 5) is 55.6. The molecule has 1 heterocycles. The Morgan fingerprint density at radius 2 is 1.14 bits per heavy atom. The molecule has 49 heavy (non-hydrogen) atoms. The van der Waals surface area contributed by atoms with Crippen LogP contribution >= 0.6 is 0 Å². The average molecular weight is 699 g/mol. The van der Waals surface area contributed by atoms with Gasteiger partial charge >= 0.3 is 23.9 Å². The maximum absolute atomic E-state index is 12.7. The van der Waals surface area contributed by atoms with Crippen molar-refractivity contribution in [3.05, 3.63) is 29.8 Å². The van der Waals surface area contributed by atoms with Crippen LogP contribution in [-0.2, 0) is 30.3 Å². The fraction of sp³-hybridized carbons (Fsp3) is 0.697. The molecule has 1 aromatic rings. The number of aliphatic hydroxyl groups excluding tert-OH is 3. The third-order valence-electron chi connectivity index (χ3n) is 8.92. The van der Waals surface area contributed by atoms with Crippen molar-refractivity contribution in [3.8, 4) is 5.75 Å². The summed E-state index contributed by atoms with van der Waals surface area (Å²) < 4.78 is 10.7. The molecule has 0 spiro atoms. The number of aliphatic hydroxyl groups is 3.